The highest BCUT2D eigenvalue weighted by Gasteiger charge is 2.55. The van der Waals surface area contributed by atoms with E-state index >= 15 is 0 Å². The van der Waals surface area contributed by atoms with Crippen LogP contribution in [-0.4, -0.2) is 31.3 Å². The molecular formula is C17H20O5. The third kappa shape index (κ3) is 2.86. The lowest BCUT2D eigenvalue weighted by molar-refractivity contribution is -0.159. The van der Waals surface area contributed by atoms with Gasteiger partial charge in [0.05, 0.1) is 31.2 Å². The lowest BCUT2D eigenvalue weighted by atomic mass is 9.92. The molecule has 1 aromatic carbocycles. The predicted molar refractivity (Wildman–Crippen MR) is 77.8 cm³/mol. The molecule has 0 amide bonds. The van der Waals surface area contributed by atoms with E-state index in [1.54, 1.807) is 0 Å². The van der Waals surface area contributed by atoms with Crippen LogP contribution in [0.15, 0.2) is 30.3 Å². The van der Waals surface area contributed by atoms with Gasteiger partial charge in [-0.3, -0.25) is 9.59 Å². The molecule has 1 aliphatic heterocycles. The second-order valence-corrected chi connectivity index (χ2v) is 6.02. The lowest BCUT2D eigenvalue weighted by Gasteiger charge is -2.38. The van der Waals surface area contributed by atoms with Crippen molar-refractivity contribution in [2.24, 2.45) is 11.8 Å². The predicted octanol–water partition coefficient (Wildman–Crippen LogP) is 2.09. The van der Waals surface area contributed by atoms with Gasteiger partial charge in [0, 0.05) is 0 Å². The van der Waals surface area contributed by atoms with E-state index in [9.17, 15) is 9.59 Å². The fraction of sp³-hybridized carbons (Fsp3) is 0.529. The molecule has 1 saturated heterocycles. The average Bonchev–Trinajstić information content (AvgIpc) is 2.94. The maximum absolute atomic E-state index is 12.4. The SMILES string of the molecule is COC(=O)[C@H]1CC2(CCO2)C[C@H]1C(=O)OCc1ccccc1. The molecule has 0 radical (unpaired) electrons. The molecule has 3 atom stereocenters. The summed E-state index contributed by atoms with van der Waals surface area (Å²) in [5.41, 5.74) is 0.605. The summed E-state index contributed by atoms with van der Waals surface area (Å²) >= 11 is 0. The van der Waals surface area contributed by atoms with Gasteiger partial charge in [-0.05, 0) is 24.8 Å². The Kier molecular flexibility index (Phi) is 4.16. The molecule has 0 aromatic heterocycles. The van der Waals surface area contributed by atoms with Gasteiger partial charge in [-0.1, -0.05) is 30.3 Å². The summed E-state index contributed by atoms with van der Waals surface area (Å²) in [6.07, 6.45) is 1.98. The van der Waals surface area contributed by atoms with Crippen LogP contribution in [0.3, 0.4) is 0 Å². The monoisotopic (exact) mass is 304 g/mol. The van der Waals surface area contributed by atoms with Crippen molar-refractivity contribution in [3.05, 3.63) is 35.9 Å². The minimum absolute atomic E-state index is 0.220. The molecule has 1 spiro atoms. The Morgan fingerprint density at radius 3 is 2.36 bits per heavy atom. The molecule has 1 heterocycles. The van der Waals surface area contributed by atoms with E-state index in [1.807, 2.05) is 30.3 Å². The van der Waals surface area contributed by atoms with Crippen LogP contribution in [0.5, 0.6) is 0 Å². The van der Waals surface area contributed by atoms with E-state index in [1.165, 1.54) is 7.11 Å². The van der Waals surface area contributed by atoms with Crippen molar-refractivity contribution < 1.29 is 23.8 Å². The fourth-order valence-electron chi connectivity index (χ4n) is 3.36. The van der Waals surface area contributed by atoms with Gasteiger partial charge < -0.3 is 14.2 Å². The number of hydrogen-bond donors (Lipinski definition) is 0. The molecule has 1 saturated carbocycles. The van der Waals surface area contributed by atoms with Crippen molar-refractivity contribution in [1.82, 2.24) is 0 Å². The number of hydrogen-bond acceptors (Lipinski definition) is 5. The molecule has 1 unspecified atom stereocenters. The van der Waals surface area contributed by atoms with E-state index in [0.29, 0.717) is 19.4 Å². The van der Waals surface area contributed by atoms with Crippen LogP contribution in [0.1, 0.15) is 24.8 Å². The topological polar surface area (TPSA) is 61.8 Å². The largest absolute Gasteiger partial charge is 0.469 e. The van der Waals surface area contributed by atoms with E-state index < -0.39 is 11.8 Å². The molecule has 1 aromatic rings. The van der Waals surface area contributed by atoms with Gasteiger partial charge in [0.1, 0.15) is 6.61 Å². The number of carbonyl (C=O) groups is 2. The zero-order valence-electron chi connectivity index (χ0n) is 12.6. The summed E-state index contributed by atoms with van der Waals surface area (Å²) in [6.45, 7) is 0.914. The van der Waals surface area contributed by atoms with Crippen molar-refractivity contribution in [1.29, 1.82) is 0 Å². The number of rotatable bonds is 4. The molecule has 1 aliphatic carbocycles. The Hall–Kier alpha value is -1.88. The third-order valence-corrected chi connectivity index (χ3v) is 4.67. The maximum atomic E-state index is 12.4. The zero-order valence-corrected chi connectivity index (χ0v) is 12.6. The summed E-state index contributed by atoms with van der Waals surface area (Å²) in [5, 5.41) is 0. The molecule has 5 heteroatoms. The smallest absolute Gasteiger partial charge is 0.310 e. The Morgan fingerprint density at radius 1 is 1.18 bits per heavy atom. The maximum Gasteiger partial charge on any atom is 0.310 e. The van der Waals surface area contributed by atoms with Crippen LogP contribution in [-0.2, 0) is 30.4 Å². The van der Waals surface area contributed by atoms with Crippen molar-refractivity contribution >= 4 is 11.9 Å². The van der Waals surface area contributed by atoms with Gasteiger partial charge >= 0.3 is 11.9 Å². The highest BCUT2D eigenvalue weighted by Crippen LogP contribution is 2.49. The van der Waals surface area contributed by atoms with Crippen LogP contribution >= 0.6 is 0 Å². The Balaban J connectivity index is 1.65. The molecule has 0 bridgehead atoms. The Morgan fingerprint density at radius 2 is 1.82 bits per heavy atom. The van der Waals surface area contributed by atoms with Crippen molar-refractivity contribution in [3.8, 4) is 0 Å². The first-order chi connectivity index (χ1) is 10.6. The highest BCUT2D eigenvalue weighted by atomic mass is 16.5. The molecule has 5 nitrogen and oxygen atoms in total. The molecule has 22 heavy (non-hydrogen) atoms. The van der Waals surface area contributed by atoms with E-state index in [-0.39, 0.29) is 24.1 Å². The number of carbonyl (C=O) groups excluding carboxylic acids is 2. The van der Waals surface area contributed by atoms with Gasteiger partial charge in [-0.25, -0.2) is 0 Å². The normalized spacial score (nSPS) is 29.9. The highest BCUT2D eigenvalue weighted by molar-refractivity contribution is 5.83. The van der Waals surface area contributed by atoms with E-state index in [2.05, 4.69) is 0 Å². The van der Waals surface area contributed by atoms with Crippen molar-refractivity contribution in [2.75, 3.05) is 13.7 Å². The number of benzene rings is 1. The Labute approximate surface area is 129 Å². The molecule has 3 rings (SSSR count). The molecular weight excluding hydrogens is 284 g/mol. The average molecular weight is 304 g/mol. The van der Waals surface area contributed by atoms with Gasteiger partial charge in [0.25, 0.3) is 0 Å². The van der Waals surface area contributed by atoms with Crippen LogP contribution in [0.25, 0.3) is 0 Å². The summed E-state index contributed by atoms with van der Waals surface area (Å²) in [6, 6.07) is 9.50. The number of methoxy groups -OCH3 is 1. The van der Waals surface area contributed by atoms with Crippen LogP contribution in [0.4, 0.5) is 0 Å². The summed E-state index contributed by atoms with van der Waals surface area (Å²) in [7, 11) is 1.35. The van der Waals surface area contributed by atoms with Crippen LogP contribution in [0, 0.1) is 11.8 Å². The van der Waals surface area contributed by atoms with Gasteiger partial charge in [-0.2, -0.15) is 0 Å². The minimum Gasteiger partial charge on any atom is -0.469 e. The van der Waals surface area contributed by atoms with Crippen LogP contribution < -0.4 is 0 Å². The van der Waals surface area contributed by atoms with E-state index in [0.717, 1.165) is 12.0 Å². The second-order valence-electron chi connectivity index (χ2n) is 6.02. The minimum atomic E-state index is -0.475. The van der Waals surface area contributed by atoms with Gasteiger partial charge in [0.15, 0.2) is 0 Å². The third-order valence-electron chi connectivity index (χ3n) is 4.67. The first-order valence-electron chi connectivity index (χ1n) is 7.56. The van der Waals surface area contributed by atoms with Gasteiger partial charge in [-0.15, -0.1) is 0 Å². The molecule has 118 valence electrons. The summed E-state index contributed by atoms with van der Waals surface area (Å²) in [4.78, 5) is 24.3. The van der Waals surface area contributed by atoms with Crippen molar-refractivity contribution in [3.63, 3.8) is 0 Å². The summed E-state index contributed by atoms with van der Waals surface area (Å²) in [5.74, 6) is -1.63. The van der Waals surface area contributed by atoms with Crippen molar-refractivity contribution in [2.45, 2.75) is 31.5 Å². The second kappa shape index (κ2) is 6.08. The fourth-order valence-corrected chi connectivity index (χ4v) is 3.36. The first-order valence-corrected chi connectivity index (χ1v) is 7.56. The quantitative estimate of drug-likeness (QED) is 0.797. The number of ether oxygens (including phenoxy) is 3. The summed E-state index contributed by atoms with van der Waals surface area (Å²) < 4.78 is 15.9. The molecule has 2 fully saturated rings. The number of esters is 2. The van der Waals surface area contributed by atoms with E-state index in [4.69, 9.17) is 14.2 Å². The van der Waals surface area contributed by atoms with Gasteiger partial charge in [0.2, 0.25) is 0 Å². The first kappa shape index (κ1) is 15.0. The lowest BCUT2D eigenvalue weighted by Crippen LogP contribution is -2.41. The molecule has 0 N–H and O–H groups in total. The standard InChI is InChI=1S/C17H20O5/c1-20-15(18)13-9-17(7-8-22-17)10-14(13)16(19)21-11-12-5-3-2-4-6-12/h2-6,13-14H,7-11H2,1H3/t13-,14+,17?/m0/s1. The zero-order chi connectivity index (χ0) is 15.6. The van der Waals surface area contributed by atoms with Crippen LogP contribution in [0.2, 0.25) is 0 Å². The Bertz CT molecular complexity index is 549. The molecule has 2 aliphatic rings.